The number of rotatable bonds is 6. The zero-order chi connectivity index (χ0) is 19.3. The summed E-state index contributed by atoms with van der Waals surface area (Å²) in [4.78, 5) is 24.4. The van der Waals surface area contributed by atoms with E-state index < -0.39 is 17.3 Å². The van der Waals surface area contributed by atoms with Crippen LogP contribution in [0, 0.1) is 12.8 Å². The molecule has 0 radical (unpaired) electrons. The Morgan fingerprint density at radius 3 is 2.22 bits per heavy atom. The molecule has 0 amide bonds. The van der Waals surface area contributed by atoms with Crippen molar-refractivity contribution in [2.45, 2.75) is 26.1 Å². The van der Waals surface area contributed by atoms with Gasteiger partial charge in [-0.3, -0.25) is 4.79 Å². The smallest absolute Gasteiger partial charge is 0.343 e. The molecule has 0 saturated carbocycles. The van der Waals surface area contributed by atoms with Crippen molar-refractivity contribution in [2.75, 3.05) is 6.54 Å². The number of ether oxygens (including phenoxy) is 2. The van der Waals surface area contributed by atoms with Gasteiger partial charge in [-0.05, 0) is 36.8 Å². The highest BCUT2D eigenvalue weighted by atomic mass is 35.5. The Bertz CT molecular complexity index is 791. The first kappa shape index (κ1) is 23.0. The highest BCUT2D eigenvalue weighted by Crippen LogP contribution is 2.33. The number of benzene rings is 2. The number of aryl methyl sites for hydroxylation is 1. The number of hydrogen-bond acceptors (Lipinski definition) is 5. The molecule has 0 aromatic heterocycles. The number of halogens is 2. The summed E-state index contributed by atoms with van der Waals surface area (Å²) in [5.74, 6) is -1.01. The summed E-state index contributed by atoms with van der Waals surface area (Å²) in [5, 5.41) is -0.443. The third-order valence-electron chi connectivity index (χ3n) is 3.71. The van der Waals surface area contributed by atoms with E-state index in [4.69, 9.17) is 26.8 Å². The molecule has 0 fully saturated rings. The van der Waals surface area contributed by atoms with Crippen molar-refractivity contribution < 1.29 is 19.1 Å². The van der Waals surface area contributed by atoms with E-state index >= 15 is 0 Å². The lowest BCUT2D eigenvalue weighted by molar-refractivity contribution is -0.137. The number of carbonyl (C=O) groups is 2. The van der Waals surface area contributed by atoms with Gasteiger partial charge < -0.3 is 15.2 Å². The molecule has 0 aliphatic rings. The Morgan fingerprint density at radius 1 is 1.04 bits per heavy atom. The largest absolute Gasteiger partial charge is 0.422 e. The first-order chi connectivity index (χ1) is 12.3. The third-order valence-corrected chi connectivity index (χ3v) is 4.14. The molecule has 5 nitrogen and oxygen atoms in total. The zero-order valence-corrected chi connectivity index (χ0v) is 17.0. The lowest BCUT2D eigenvalue weighted by Gasteiger charge is -2.15. The molecule has 2 aromatic carbocycles. The lowest BCUT2D eigenvalue weighted by atomic mass is 10.1. The zero-order valence-electron chi connectivity index (χ0n) is 15.4. The van der Waals surface area contributed by atoms with Crippen LogP contribution in [0.15, 0.2) is 42.5 Å². The summed E-state index contributed by atoms with van der Waals surface area (Å²) in [5.41, 5.74) is 7.69. The van der Waals surface area contributed by atoms with Gasteiger partial charge in [-0.1, -0.05) is 37.6 Å². The van der Waals surface area contributed by atoms with Gasteiger partial charge in [0, 0.05) is 6.54 Å². The highest BCUT2D eigenvalue weighted by molar-refractivity contribution is 6.21. The first-order valence-electron chi connectivity index (χ1n) is 8.30. The van der Waals surface area contributed by atoms with E-state index in [0.29, 0.717) is 11.1 Å². The molecule has 2 aromatic rings. The van der Waals surface area contributed by atoms with E-state index in [1.165, 1.54) is 0 Å². The summed E-state index contributed by atoms with van der Waals surface area (Å²) < 4.78 is 10.8. The van der Waals surface area contributed by atoms with E-state index in [2.05, 4.69) is 0 Å². The first-order valence-corrected chi connectivity index (χ1v) is 8.74. The second kappa shape index (κ2) is 10.3. The van der Waals surface area contributed by atoms with Gasteiger partial charge in [-0.25, -0.2) is 4.79 Å². The molecule has 1 atom stereocenters. The summed E-state index contributed by atoms with van der Waals surface area (Å²) in [7, 11) is 0. The minimum Gasteiger partial charge on any atom is -0.422 e. The standard InChI is InChI=1S/C20H22ClNO4.ClH/c1-12(2)19(23)25-17-9-8-15(16(21)11-22)10-18(17)26-20(24)14-6-4-13(3)5-7-14;/h4-10,12,16H,11,22H2,1-3H3;1H. The maximum atomic E-state index is 12.4. The van der Waals surface area contributed by atoms with Crippen LogP contribution < -0.4 is 15.2 Å². The van der Waals surface area contributed by atoms with E-state index in [1.807, 2.05) is 19.1 Å². The molecular formula is C20H23Cl2NO4. The van der Waals surface area contributed by atoms with Crippen molar-refractivity contribution in [3.8, 4) is 11.5 Å². The number of nitrogens with two attached hydrogens (primary N) is 1. The van der Waals surface area contributed by atoms with Gasteiger partial charge in [-0.15, -0.1) is 24.0 Å². The van der Waals surface area contributed by atoms with Crippen LogP contribution in [0.3, 0.4) is 0 Å². The van der Waals surface area contributed by atoms with Gasteiger partial charge in [0.15, 0.2) is 11.5 Å². The van der Waals surface area contributed by atoms with Crippen molar-refractivity contribution in [1.82, 2.24) is 0 Å². The Kier molecular flexibility index (Phi) is 8.76. The lowest BCUT2D eigenvalue weighted by Crippen LogP contribution is -2.17. The number of alkyl halides is 1. The molecule has 0 aliphatic heterocycles. The van der Waals surface area contributed by atoms with Gasteiger partial charge >= 0.3 is 11.9 Å². The highest BCUT2D eigenvalue weighted by Gasteiger charge is 2.19. The minimum atomic E-state index is -0.553. The summed E-state index contributed by atoms with van der Waals surface area (Å²) in [6.07, 6.45) is 0. The molecule has 7 heteroatoms. The maximum Gasteiger partial charge on any atom is 0.343 e. The van der Waals surface area contributed by atoms with Gasteiger partial charge in [0.25, 0.3) is 0 Å². The number of hydrogen-bond donors (Lipinski definition) is 1. The van der Waals surface area contributed by atoms with Crippen molar-refractivity contribution in [2.24, 2.45) is 11.7 Å². The van der Waals surface area contributed by atoms with Gasteiger partial charge in [0.05, 0.1) is 16.9 Å². The molecule has 2 N–H and O–H groups in total. The second-order valence-electron chi connectivity index (χ2n) is 6.24. The molecule has 27 heavy (non-hydrogen) atoms. The van der Waals surface area contributed by atoms with Crippen LogP contribution in [0.5, 0.6) is 11.5 Å². The van der Waals surface area contributed by atoms with Gasteiger partial charge in [0.1, 0.15) is 0 Å². The fourth-order valence-electron chi connectivity index (χ4n) is 2.09. The topological polar surface area (TPSA) is 78.6 Å². The van der Waals surface area contributed by atoms with E-state index in [9.17, 15) is 9.59 Å². The number of esters is 2. The summed E-state index contributed by atoms with van der Waals surface area (Å²) in [6, 6.07) is 11.8. The molecule has 1 unspecified atom stereocenters. The average Bonchev–Trinajstić information content (AvgIpc) is 2.62. The third kappa shape index (κ3) is 6.24. The second-order valence-corrected chi connectivity index (χ2v) is 6.77. The van der Waals surface area contributed by atoms with E-state index in [0.717, 1.165) is 5.56 Å². The Labute approximate surface area is 170 Å². The van der Waals surface area contributed by atoms with E-state index in [1.54, 1.807) is 44.2 Å². The molecule has 0 aliphatic carbocycles. The van der Waals surface area contributed by atoms with Crippen molar-refractivity contribution in [3.05, 3.63) is 59.2 Å². The SMILES string of the molecule is Cc1ccc(C(=O)Oc2cc(C(Cl)CN)ccc2OC(=O)C(C)C)cc1.Cl. The quantitative estimate of drug-likeness (QED) is 0.431. The summed E-state index contributed by atoms with van der Waals surface area (Å²) in [6.45, 7) is 5.59. The van der Waals surface area contributed by atoms with Crippen molar-refractivity contribution >= 4 is 35.9 Å². The van der Waals surface area contributed by atoms with Gasteiger partial charge in [-0.2, -0.15) is 0 Å². The Balaban J connectivity index is 0.00000364. The van der Waals surface area contributed by atoms with Crippen molar-refractivity contribution in [1.29, 1.82) is 0 Å². The predicted octanol–water partition coefficient (Wildman–Crippen LogP) is 4.44. The normalized spacial score (nSPS) is 11.5. The summed E-state index contributed by atoms with van der Waals surface area (Å²) >= 11 is 6.17. The van der Waals surface area contributed by atoms with Crippen LogP contribution in [-0.4, -0.2) is 18.5 Å². The monoisotopic (exact) mass is 411 g/mol. The Morgan fingerprint density at radius 2 is 1.67 bits per heavy atom. The van der Waals surface area contributed by atoms with Crippen LogP contribution in [-0.2, 0) is 4.79 Å². The van der Waals surface area contributed by atoms with Crippen LogP contribution in [0.1, 0.15) is 40.7 Å². The van der Waals surface area contributed by atoms with E-state index in [-0.39, 0.29) is 36.4 Å². The fraction of sp³-hybridized carbons (Fsp3) is 0.300. The molecule has 0 spiro atoms. The van der Waals surface area contributed by atoms with Crippen LogP contribution >= 0.6 is 24.0 Å². The molecular weight excluding hydrogens is 389 g/mol. The maximum absolute atomic E-state index is 12.4. The molecule has 146 valence electrons. The minimum absolute atomic E-state index is 0. The molecule has 0 saturated heterocycles. The Hall–Kier alpha value is -2.08. The fourth-order valence-corrected chi connectivity index (χ4v) is 2.23. The predicted molar refractivity (Wildman–Crippen MR) is 108 cm³/mol. The molecule has 2 rings (SSSR count). The number of carbonyl (C=O) groups excluding carboxylic acids is 2. The van der Waals surface area contributed by atoms with Gasteiger partial charge in [0.2, 0.25) is 0 Å². The van der Waals surface area contributed by atoms with Crippen molar-refractivity contribution in [3.63, 3.8) is 0 Å². The molecule has 0 heterocycles. The average molecular weight is 412 g/mol. The van der Waals surface area contributed by atoms with Crippen LogP contribution in [0.4, 0.5) is 0 Å². The van der Waals surface area contributed by atoms with Crippen LogP contribution in [0.25, 0.3) is 0 Å². The van der Waals surface area contributed by atoms with Crippen LogP contribution in [0.2, 0.25) is 0 Å². The molecule has 0 bridgehead atoms.